The van der Waals surface area contributed by atoms with Crippen LogP contribution in [-0.4, -0.2) is 21.6 Å². The summed E-state index contributed by atoms with van der Waals surface area (Å²) in [6.07, 6.45) is 20.0. The molecule has 0 saturated carbocycles. The highest BCUT2D eigenvalue weighted by atomic mass is 16.3. The predicted molar refractivity (Wildman–Crippen MR) is 111 cm³/mol. The molecule has 0 bridgehead atoms. The third-order valence-corrected chi connectivity index (χ3v) is 5.93. The van der Waals surface area contributed by atoms with E-state index in [9.17, 15) is 9.90 Å². The lowest BCUT2D eigenvalue weighted by molar-refractivity contribution is -0.117. The maximum Gasteiger partial charge on any atom is 0.130 e. The number of rotatable bonds is 6. The summed E-state index contributed by atoms with van der Waals surface area (Å²) in [5.74, 6) is 0.921. The standard InChI is InChI=1S/C24H33NO2/c1-18(26)10-13-22-16-17-24(21-8-6-4-3-5-7-9-21)25(22)23-14-11-20(12-15-23)19(2)27/h3-4,7,9,11,14,16-17,19-21,23,27H,5-6,8,10,12-13,15H2,1-2H3. The molecule has 27 heavy (non-hydrogen) atoms. The summed E-state index contributed by atoms with van der Waals surface area (Å²) < 4.78 is 2.48. The number of allylic oxidation sites excluding steroid dienone is 5. The summed E-state index contributed by atoms with van der Waals surface area (Å²) in [5.41, 5.74) is 2.63. The van der Waals surface area contributed by atoms with E-state index in [1.165, 1.54) is 11.4 Å². The average molecular weight is 368 g/mol. The van der Waals surface area contributed by atoms with Crippen LogP contribution in [0.1, 0.15) is 75.7 Å². The first kappa shape index (κ1) is 19.9. The molecule has 3 nitrogen and oxygen atoms in total. The second kappa shape index (κ2) is 9.36. The molecule has 1 N–H and O–H groups in total. The number of ketones is 1. The van der Waals surface area contributed by atoms with Crippen LogP contribution in [0.5, 0.6) is 0 Å². The highest BCUT2D eigenvalue weighted by molar-refractivity contribution is 5.75. The summed E-state index contributed by atoms with van der Waals surface area (Å²) in [6.45, 7) is 3.55. The predicted octanol–water partition coefficient (Wildman–Crippen LogP) is 5.28. The Morgan fingerprint density at radius 2 is 2.00 bits per heavy atom. The molecule has 0 spiro atoms. The van der Waals surface area contributed by atoms with E-state index < -0.39 is 0 Å². The fourth-order valence-corrected chi connectivity index (χ4v) is 4.32. The molecule has 0 aromatic carbocycles. The summed E-state index contributed by atoms with van der Waals surface area (Å²) in [5, 5.41) is 9.90. The third-order valence-electron chi connectivity index (χ3n) is 5.93. The smallest absolute Gasteiger partial charge is 0.130 e. The van der Waals surface area contributed by atoms with E-state index in [1.54, 1.807) is 6.92 Å². The molecule has 1 heterocycles. The van der Waals surface area contributed by atoms with E-state index >= 15 is 0 Å². The van der Waals surface area contributed by atoms with Gasteiger partial charge in [-0.1, -0.05) is 36.5 Å². The minimum atomic E-state index is -0.288. The maximum atomic E-state index is 11.5. The van der Waals surface area contributed by atoms with Gasteiger partial charge in [-0.3, -0.25) is 0 Å². The second-order valence-corrected chi connectivity index (χ2v) is 8.07. The normalized spacial score (nSPS) is 26.6. The Morgan fingerprint density at radius 1 is 1.15 bits per heavy atom. The maximum absolute atomic E-state index is 11.5. The molecule has 0 fully saturated rings. The minimum absolute atomic E-state index is 0.244. The number of nitrogens with zero attached hydrogens (tertiary/aromatic N) is 1. The number of aromatic nitrogens is 1. The van der Waals surface area contributed by atoms with Gasteiger partial charge in [0.2, 0.25) is 0 Å². The molecule has 2 aliphatic carbocycles. The van der Waals surface area contributed by atoms with Gasteiger partial charge in [0, 0.05) is 29.6 Å². The first-order valence-electron chi connectivity index (χ1n) is 10.4. The van der Waals surface area contributed by atoms with Crippen molar-refractivity contribution in [3.05, 3.63) is 60.0 Å². The highest BCUT2D eigenvalue weighted by Crippen LogP contribution is 2.35. The van der Waals surface area contributed by atoms with Crippen molar-refractivity contribution in [2.24, 2.45) is 5.92 Å². The van der Waals surface area contributed by atoms with Crippen molar-refractivity contribution in [2.45, 2.75) is 76.9 Å². The number of carbonyl (C=O) groups excluding carboxylic acids is 1. The fourth-order valence-electron chi connectivity index (χ4n) is 4.32. The zero-order valence-electron chi connectivity index (χ0n) is 16.7. The van der Waals surface area contributed by atoms with Crippen molar-refractivity contribution in [3.63, 3.8) is 0 Å². The largest absolute Gasteiger partial charge is 0.393 e. The van der Waals surface area contributed by atoms with Gasteiger partial charge in [0.25, 0.3) is 0 Å². The molecule has 4 unspecified atom stereocenters. The fraction of sp³-hybridized carbons (Fsp3) is 0.542. The van der Waals surface area contributed by atoms with Crippen molar-refractivity contribution >= 4 is 5.78 Å². The molecule has 1 aromatic rings. The van der Waals surface area contributed by atoms with E-state index in [-0.39, 0.29) is 17.8 Å². The number of aryl methyl sites for hydroxylation is 1. The van der Waals surface area contributed by atoms with Crippen LogP contribution >= 0.6 is 0 Å². The second-order valence-electron chi connectivity index (χ2n) is 8.07. The quantitative estimate of drug-likeness (QED) is 0.695. The molecule has 146 valence electrons. The summed E-state index contributed by atoms with van der Waals surface area (Å²) in [6, 6.07) is 4.81. The van der Waals surface area contributed by atoms with Gasteiger partial charge in [-0.15, -0.1) is 0 Å². The van der Waals surface area contributed by atoms with Crippen LogP contribution in [0, 0.1) is 5.92 Å². The molecule has 0 radical (unpaired) electrons. The van der Waals surface area contributed by atoms with E-state index in [1.807, 2.05) is 6.92 Å². The van der Waals surface area contributed by atoms with Gasteiger partial charge < -0.3 is 14.5 Å². The Hall–Kier alpha value is -1.87. The Morgan fingerprint density at radius 3 is 2.70 bits per heavy atom. The van der Waals surface area contributed by atoms with Gasteiger partial charge in [0.1, 0.15) is 5.78 Å². The van der Waals surface area contributed by atoms with E-state index in [2.05, 4.69) is 53.2 Å². The van der Waals surface area contributed by atoms with Gasteiger partial charge in [0.15, 0.2) is 0 Å². The Kier molecular flexibility index (Phi) is 6.89. The molecule has 0 amide bonds. The van der Waals surface area contributed by atoms with Crippen LogP contribution in [0.3, 0.4) is 0 Å². The van der Waals surface area contributed by atoms with Gasteiger partial charge in [-0.25, -0.2) is 0 Å². The SMILES string of the molecule is CC(=O)CCc1ccc(C2C=CCC=CCC2)n1C1C=CC(C(C)O)CC1. The average Bonchev–Trinajstić information content (AvgIpc) is 3.03. The Balaban J connectivity index is 1.90. The first-order chi connectivity index (χ1) is 13.1. The van der Waals surface area contributed by atoms with Gasteiger partial charge in [-0.05, 0) is 64.5 Å². The Bertz CT molecular complexity index is 723. The monoisotopic (exact) mass is 367 g/mol. The summed E-state index contributed by atoms with van der Waals surface area (Å²) >= 11 is 0. The lowest BCUT2D eigenvalue weighted by atomic mass is 9.88. The molecule has 1 aromatic heterocycles. The third kappa shape index (κ3) is 5.10. The number of Topliss-reactive ketones (excluding diaryl/α,β-unsaturated/α-hetero) is 1. The lowest BCUT2D eigenvalue weighted by Gasteiger charge is -2.30. The van der Waals surface area contributed by atoms with Crippen molar-refractivity contribution in [1.82, 2.24) is 4.57 Å². The number of aliphatic hydroxyl groups is 1. The van der Waals surface area contributed by atoms with Gasteiger partial charge in [-0.2, -0.15) is 0 Å². The van der Waals surface area contributed by atoms with Crippen LogP contribution in [0.4, 0.5) is 0 Å². The zero-order valence-corrected chi connectivity index (χ0v) is 16.7. The molecule has 0 aliphatic heterocycles. The number of carbonyl (C=O) groups is 1. The molecule has 0 saturated heterocycles. The van der Waals surface area contributed by atoms with Gasteiger partial charge >= 0.3 is 0 Å². The van der Waals surface area contributed by atoms with E-state index in [0.717, 1.165) is 38.5 Å². The molecule has 4 atom stereocenters. The van der Waals surface area contributed by atoms with Crippen LogP contribution in [-0.2, 0) is 11.2 Å². The molecule has 3 heteroatoms. The molecular weight excluding hydrogens is 334 g/mol. The number of hydrogen-bond acceptors (Lipinski definition) is 2. The topological polar surface area (TPSA) is 42.2 Å². The van der Waals surface area contributed by atoms with Crippen LogP contribution in [0.15, 0.2) is 48.6 Å². The van der Waals surface area contributed by atoms with E-state index in [0.29, 0.717) is 18.4 Å². The minimum Gasteiger partial charge on any atom is -0.393 e. The van der Waals surface area contributed by atoms with Crippen molar-refractivity contribution < 1.29 is 9.90 Å². The van der Waals surface area contributed by atoms with Gasteiger partial charge in [0.05, 0.1) is 12.1 Å². The van der Waals surface area contributed by atoms with Crippen molar-refractivity contribution in [2.75, 3.05) is 0 Å². The summed E-state index contributed by atoms with van der Waals surface area (Å²) in [4.78, 5) is 11.5. The first-order valence-corrected chi connectivity index (χ1v) is 10.4. The van der Waals surface area contributed by atoms with Crippen LogP contribution in [0.25, 0.3) is 0 Å². The highest BCUT2D eigenvalue weighted by Gasteiger charge is 2.25. The lowest BCUT2D eigenvalue weighted by Crippen LogP contribution is -2.23. The van der Waals surface area contributed by atoms with Crippen LogP contribution in [0.2, 0.25) is 0 Å². The molecule has 2 aliphatic rings. The summed E-state index contributed by atoms with van der Waals surface area (Å²) in [7, 11) is 0. The van der Waals surface area contributed by atoms with Crippen LogP contribution < -0.4 is 0 Å². The van der Waals surface area contributed by atoms with Crippen molar-refractivity contribution in [3.8, 4) is 0 Å². The number of hydrogen-bond donors (Lipinski definition) is 1. The Labute approximate surface area is 163 Å². The zero-order chi connectivity index (χ0) is 19.2. The molecule has 3 rings (SSSR count). The molecular formula is C24H33NO2. The van der Waals surface area contributed by atoms with E-state index in [4.69, 9.17) is 0 Å². The number of aliphatic hydroxyl groups excluding tert-OH is 1. The van der Waals surface area contributed by atoms with Crippen molar-refractivity contribution in [1.29, 1.82) is 0 Å².